The molecule has 1 N–H and O–H groups in total. The fraction of sp³-hybridized carbons (Fsp3) is 0.167. The van der Waals surface area contributed by atoms with Crippen LogP contribution < -0.4 is 4.72 Å². The molecule has 0 saturated heterocycles. The van der Waals surface area contributed by atoms with Crippen molar-refractivity contribution in [1.82, 2.24) is 9.78 Å². The minimum absolute atomic E-state index is 0.00845. The van der Waals surface area contributed by atoms with Gasteiger partial charge in [-0.15, -0.1) is 0 Å². The molecule has 1 aromatic carbocycles. The zero-order chi connectivity index (χ0) is 15.6. The van der Waals surface area contributed by atoms with Gasteiger partial charge in [0, 0.05) is 12.7 Å². The van der Waals surface area contributed by atoms with Crippen molar-refractivity contribution in [2.24, 2.45) is 7.05 Å². The van der Waals surface area contributed by atoms with E-state index in [1.165, 1.54) is 44.6 Å². The minimum Gasteiger partial charge on any atom is -0.465 e. The lowest BCUT2D eigenvalue weighted by molar-refractivity contribution is 0.0601. The van der Waals surface area contributed by atoms with Crippen LogP contribution in [0.4, 0.5) is 5.69 Å². The van der Waals surface area contributed by atoms with Crippen molar-refractivity contribution in [3.63, 3.8) is 0 Å². The zero-order valence-electron chi connectivity index (χ0n) is 11.2. The first-order valence-electron chi connectivity index (χ1n) is 5.74. The number of esters is 1. The lowest BCUT2D eigenvalue weighted by Gasteiger charge is -2.09. The van der Waals surface area contributed by atoms with Crippen molar-refractivity contribution >= 4 is 33.3 Å². The van der Waals surface area contributed by atoms with Crippen LogP contribution >= 0.6 is 11.6 Å². The highest BCUT2D eigenvalue weighted by Crippen LogP contribution is 2.23. The Morgan fingerprint density at radius 1 is 1.43 bits per heavy atom. The maximum atomic E-state index is 12.3. The van der Waals surface area contributed by atoms with Gasteiger partial charge in [0.15, 0.2) is 5.03 Å². The molecule has 21 heavy (non-hydrogen) atoms. The number of carbonyl (C=O) groups excluding carboxylic acids is 1. The minimum atomic E-state index is -3.91. The van der Waals surface area contributed by atoms with Crippen LogP contribution in [0.3, 0.4) is 0 Å². The summed E-state index contributed by atoms with van der Waals surface area (Å²) in [6, 6.07) is 5.93. The molecular formula is C12H12ClN3O4S. The Morgan fingerprint density at radius 3 is 2.71 bits per heavy atom. The molecule has 0 radical (unpaired) electrons. The number of benzene rings is 1. The topological polar surface area (TPSA) is 90.3 Å². The number of carbonyl (C=O) groups is 1. The number of nitrogens with one attached hydrogen (secondary N) is 1. The number of hydrogen-bond donors (Lipinski definition) is 1. The third-order valence-corrected chi connectivity index (χ3v) is 4.52. The second-order valence-electron chi connectivity index (χ2n) is 4.10. The van der Waals surface area contributed by atoms with E-state index in [-0.39, 0.29) is 21.3 Å². The van der Waals surface area contributed by atoms with Crippen LogP contribution in [-0.4, -0.2) is 31.3 Å². The molecule has 2 rings (SSSR count). The van der Waals surface area contributed by atoms with Gasteiger partial charge in [-0.25, -0.2) is 4.79 Å². The zero-order valence-corrected chi connectivity index (χ0v) is 12.8. The van der Waals surface area contributed by atoms with Crippen LogP contribution in [-0.2, 0) is 21.8 Å². The molecule has 0 atom stereocenters. The molecule has 0 saturated carbocycles. The molecule has 1 aromatic heterocycles. The first-order chi connectivity index (χ1) is 9.85. The van der Waals surface area contributed by atoms with Crippen LogP contribution in [0.25, 0.3) is 0 Å². The Kier molecular flexibility index (Phi) is 4.19. The molecule has 9 heteroatoms. The summed E-state index contributed by atoms with van der Waals surface area (Å²) in [5, 5.41) is 3.62. The first-order valence-corrected chi connectivity index (χ1v) is 7.60. The molecule has 0 spiro atoms. The van der Waals surface area contributed by atoms with Gasteiger partial charge < -0.3 is 4.74 Å². The van der Waals surface area contributed by atoms with E-state index < -0.39 is 16.0 Å². The largest absolute Gasteiger partial charge is 0.465 e. The molecule has 0 aliphatic carbocycles. The number of methoxy groups -OCH3 is 1. The summed E-state index contributed by atoms with van der Waals surface area (Å²) < 4.78 is 32.6. The van der Waals surface area contributed by atoms with Crippen molar-refractivity contribution in [3.05, 3.63) is 41.0 Å². The Hall–Kier alpha value is -2.06. The third-order valence-electron chi connectivity index (χ3n) is 2.63. The third kappa shape index (κ3) is 3.17. The number of aryl methyl sites for hydroxylation is 1. The quantitative estimate of drug-likeness (QED) is 0.861. The number of halogens is 1. The standard InChI is InChI=1S/C12H12ClN3O4S/c1-16-11(10(13)7-14-16)21(18,19)15-9-5-3-4-8(6-9)12(17)20-2/h3-7,15H,1-2H3. The molecule has 0 aliphatic heterocycles. The van der Waals surface area contributed by atoms with E-state index in [9.17, 15) is 13.2 Å². The highest BCUT2D eigenvalue weighted by Gasteiger charge is 2.23. The Balaban J connectivity index is 2.36. The van der Waals surface area contributed by atoms with Gasteiger partial charge >= 0.3 is 5.97 Å². The van der Waals surface area contributed by atoms with Gasteiger partial charge in [0.2, 0.25) is 0 Å². The highest BCUT2D eigenvalue weighted by atomic mass is 35.5. The molecule has 7 nitrogen and oxygen atoms in total. The summed E-state index contributed by atoms with van der Waals surface area (Å²) >= 11 is 5.82. The van der Waals surface area contributed by atoms with E-state index in [1.807, 2.05) is 0 Å². The maximum absolute atomic E-state index is 12.3. The summed E-state index contributed by atoms with van der Waals surface area (Å²) in [7, 11) is -1.21. The molecule has 1 heterocycles. The number of aromatic nitrogens is 2. The van der Waals surface area contributed by atoms with Gasteiger partial charge in [-0.3, -0.25) is 9.40 Å². The van der Waals surface area contributed by atoms with E-state index in [0.717, 1.165) is 4.68 Å². The molecular weight excluding hydrogens is 318 g/mol. The predicted octanol–water partition coefficient (Wildman–Crippen LogP) is 1.66. The van der Waals surface area contributed by atoms with Crippen molar-refractivity contribution in [3.8, 4) is 0 Å². The van der Waals surface area contributed by atoms with Gasteiger partial charge in [-0.1, -0.05) is 17.7 Å². The summed E-state index contributed by atoms with van der Waals surface area (Å²) in [6.07, 6.45) is 1.24. The summed E-state index contributed by atoms with van der Waals surface area (Å²) in [6.45, 7) is 0. The lowest BCUT2D eigenvalue weighted by Crippen LogP contribution is -2.17. The molecule has 2 aromatic rings. The normalized spacial score (nSPS) is 11.2. The molecule has 0 unspecified atom stereocenters. The SMILES string of the molecule is COC(=O)c1cccc(NS(=O)(=O)c2c(Cl)cnn2C)c1. The van der Waals surface area contributed by atoms with Gasteiger partial charge in [0.1, 0.15) is 0 Å². The van der Waals surface area contributed by atoms with Crippen molar-refractivity contribution < 1.29 is 17.9 Å². The van der Waals surface area contributed by atoms with E-state index >= 15 is 0 Å². The van der Waals surface area contributed by atoms with E-state index in [0.29, 0.717) is 0 Å². The number of sulfonamides is 1. The number of ether oxygens (including phenoxy) is 1. The molecule has 112 valence electrons. The van der Waals surface area contributed by atoms with Crippen LogP contribution in [0, 0.1) is 0 Å². The van der Waals surface area contributed by atoms with E-state index in [1.54, 1.807) is 0 Å². The van der Waals surface area contributed by atoms with E-state index in [4.69, 9.17) is 11.6 Å². The highest BCUT2D eigenvalue weighted by molar-refractivity contribution is 7.92. The van der Waals surface area contributed by atoms with Crippen LogP contribution in [0.1, 0.15) is 10.4 Å². The number of anilines is 1. The summed E-state index contributed by atoms with van der Waals surface area (Å²) in [4.78, 5) is 11.4. The molecule has 0 fully saturated rings. The number of nitrogens with zero attached hydrogens (tertiary/aromatic N) is 2. The Labute approximate surface area is 126 Å². The first kappa shape index (κ1) is 15.3. The Morgan fingerprint density at radius 2 is 2.14 bits per heavy atom. The monoisotopic (exact) mass is 329 g/mol. The van der Waals surface area contributed by atoms with Crippen LogP contribution in [0.5, 0.6) is 0 Å². The summed E-state index contributed by atoms with van der Waals surface area (Å²) in [5.74, 6) is -0.561. The molecule has 0 amide bonds. The van der Waals surface area contributed by atoms with E-state index in [2.05, 4.69) is 14.6 Å². The Bertz CT molecular complexity index is 766. The smallest absolute Gasteiger partial charge is 0.337 e. The van der Waals surface area contributed by atoms with Crippen molar-refractivity contribution in [2.45, 2.75) is 5.03 Å². The molecule has 0 bridgehead atoms. The van der Waals surface area contributed by atoms with Crippen LogP contribution in [0.2, 0.25) is 5.02 Å². The van der Waals surface area contributed by atoms with Gasteiger partial charge in [-0.2, -0.15) is 13.5 Å². The average Bonchev–Trinajstić information content (AvgIpc) is 2.77. The molecule has 0 aliphatic rings. The number of rotatable bonds is 4. The fourth-order valence-corrected chi connectivity index (χ4v) is 3.44. The van der Waals surface area contributed by atoms with Gasteiger partial charge in [0.25, 0.3) is 10.0 Å². The lowest BCUT2D eigenvalue weighted by atomic mass is 10.2. The second-order valence-corrected chi connectivity index (χ2v) is 6.10. The fourth-order valence-electron chi connectivity index (χ4n) is 1.73. The van der Waals surface area contributed by atoms with Crippen LogP contribution in [0.15, 0.2) is 35.5 Å². The average molecular weight is 330 g/mol. The maximum Gasteiger partial charge on any atom is 0.337 e. The van der Waals surface area contributed by atoms with Crippen molar-refractivity contribution in [1.29, 1.82) is 0 Å². The summed E-state index contributed by atoms with van der Waals surface area (Å²) in [5.41, 5.74) is 0.448. The van der Waals surface area contributed by atoms with Gasteiger partial charge in [-0.05, 0) is 18.2 Å². The predicted molar refractivity (Wildman–Crippen MR) is 76.8 cm³/mol. The second kappa shape index (κ2) is 5.74. The number of hydrogen-bond acceptors (Lipinski definition) is 5. The van der Waals surface area contributed by atoms with Crippen molar-refractivity contribution in [2.75, 3.05) is 11.8 Å². The van der Waals surface area contributed by atoms with Gasteiger partial charge in [0.05, 0.1) is 23.9 Å².